The lowest BCUT2D eigenvalue weighted by Gasteiger charge is -2.19. The number of benzene rings is 1. The van der Waals surface area contributed by atoms with Gasteiger partial charge in [0.1, 0.15) is 0 Å². The van der Waals surface area contributed by atoms with E-state index in [1.54, 1.807) is 0 Å². The maximum atomic E-state index is 11.8. The Labute approximate surface area is 141 Å². The van der Waals surface area contributed by atoms with Crippen LogP contribution in [-0.4, -0.2) is 44.2 Å². The predicted octanol–water partition coefficient (Wildman–Crippen LogP) is 1.74. The minimum Gasteiger partial charge on any atom is -0.369 e. The van der Waals surface area contributed by atoms with E-state index in [2.05, 4.69) is 20.9 Å². The molecule has 6 nitrogen and oxygen atoms in total. The van der Waals surface area contributed by atoms with Crippen LogP contribution in [0.3, 0.4) is 0 Å². The summed E-state index contributed by atoms with van der Waals surface area (Å²) < 4.78 is 0. The average Bonchev–Trinajstić information content (AvgIpc) is 2.99. The van der Waals surface area contributed by atoms with E-state index in [1.165, 1.54) is 0 Å². The summed E-state index contributed by atoms with van der Waals surface area (Å²) in [6.07, 6.45) is 1.74. The maximum Gasteiger partial charge on any atom is 0.315 e. The lowest BCUT2D eigenvalue weighted by Crippen LogP contribution is -2.46. The van der Waals surface area contributed by atoms with E-state index in [4.69, 9.17) is 11.6 Å². The third-order valence-electron chi connectivity index (χ3n) is 3.68. The number of anilines is 1. The van der Waals surface area contributed by atoms with Crippen LogP contribution in [0.15, 0.2) is 24.3 Å². The van der Waals surface area contributed by atoms with Crippen LogP contribution < -0.4 is 20.9 Å². The highest BCUT2D eigenvalue weighted by molar-refractivity contribution is 6.30. The smallest absolute Gasteiger partial charge is 0.315 e. The number of nitrogens with zero attached hydrogens (tertiary/aromatic N) is 1. The van der Waals surface area contributed by atoms with Crippen LogP contribution in [0.1, 0.15) is 19.8 Å². The molecule has 1 fully saturated rings. The standard InChI is InChI=1S/C16H23ClN4O2/c1-2-7-18-15(22)10-19-16(23)20-13-6-8-21(11-13)14-5-3-4-12(17)9-14/h3-5,9,13H,2,6-8,10-11H2,1H3,(H,18,22)(H2,19,20,23). The van der Waals surface area contributed by atoms with Crippen molar-refractivity contribution < 1.29 is 9.59 Å². The van der Waals surface area contributed by atoms with Gasteiger partial charge < -0.3 is 20.9 Å². The molecule has 2 rings (SSSR count). The van der Waals surface area contributed by atoms with Gasteiger partial charge in [0.15, 0.2) is 0 Å². The lowest BCUT2D eigenvalue weighted by molar-refractivity contribution is -0.120. The van der Waals surface area contributed by atoms with Gasteiger partial charge in [-0.2, -0.15) is 0 Å². The van der Waals surface area contributed by atoms with Crippen molar-refractivity contribution in [2.24, 2.45) is 0 Å². The van der Waals surface area contributed by atoms with Gasteiger partial charge in [-0.3, -0.25) is 4.79 Å². The number of hydrogen-bond donors (Lipinski definition) is 3. The summed E-state index contributed by atoms with van der Waals surface area (Å²) in [5, 5.41) is 8.90. The predicted molar refractivity (Wildman–Crippen MR) is 91.9 cm³/mol. The topological polar surface area (TPSA) is 73.5 Å². The molecular formula is C16H23ClN4O2. The quantitative estimate of drug-likeness (QED) is 0.739. The largest absolute Gasteiger partial charge is 0.369 e. The molecule has 0 saturated carbocycles. The molecule has 126 valence electrons. The summed E-state index contributed by atoms with van der Waals surface area (Å²) in [5.74, 6) is -0.172. The maximum absolute atomic E-state index is 11.8. The third kappa shape index (κ3) is 5.63. The molecular weight excluding hydrogens is 316 g/mol. The summed E-state index contributed by atoms with van der Waals surface area (Å²) in [7, 11) is 0. The van der Waals surface area contributed by atoms with Gasteiger partial charge in [-0.1, -0.05) is 24.6 Å². The first-order chi connectivity index (χ1) is 11.1. The highest BCUT2D eigenvalue weighted by Gasteiger charge is 2.24. The first kappa shape index (κ1) is 17.4. The molecule has 3 N–H and O–H groups in total. The van der Waals surface area contributed by atoms with Crippen LogP contribution in [0.4, 0.5) is 10.5 Å². The van der Waals surface area contributed by atoms with E-state index in [0.29, 0.717) is 11.6 Å². The Morgan fingerprint density at radius 2 is 2.17 bits per heavy atom. The number of halogens is 1. The Hall–Kier alpha value is -1.95. The summed E-state index contributed by atoms with van der Waals surface area (Å²) in [6.45, 7) is 4.19. The molecule has 1 aromatic rings. The van der Waals surface area contributed by atoms with Crippen molar-refractivity contribution in [2.75, 3.05) is 31.1 Å². The van der Waals surface area contributed by atoms with E-state index in [-0.39, 0.29) is 24.5 Å². The van der Waals surface area contributed by atoms with E-state index >= 15 is 0 Å². The van der Waals surface area contributed by atoms with Crippen LogP contribution in [0.25, 0.3) is 0 Å². The van der Waals surface area contributed by atoms with Crippen LogP contribution in [0.2, 0.25) is 5.02 Å². The van der Waals surface area contributed by atoms with E-state index in [9.17, 15) is 9.59 Å². The number of urea groups is 1. The van der Waals surface area contributed by atoms with Crippen molar-refractivity contribution in [1.29, 1.82) is 0 Å². The second-order valence-electron chi connectivity index (χ2n) is 5.59. The van der Waals surface area contributed by atoms with Gasteiger partial charge >= 0.3 is 6.03 Å². The minimum atomic E-state index is -0.311. The zero-order chi connectivity index (χ0) is 16.7. The molecule has 1 aliphatic heterocycles. The van der Waals surface area contributed by atoms with Crippen molar-refractivity contribution in [3.05, 3.63) is 29.3 Å². The number of carbonyl (C=O) groups is 2. The zero-order valence-corrected chi connectivity index (χ0v) is 14.0. The van der Waals surface area contributed by atoms with Gasteiger partial charge in [0.25, 0.3) is 0 Å². The second-order valence-corrected chi connectivity index (χ2v) is 6.02. The lowest BCUT2D eigenvalue weighted by atomic mass is 10.3. The third-order valence-corrected chi connectivity index (χ3v) is 3.91. The molecule has 0 spiro atoms. The van der Waals surface area contributed by atoms with Crippen LogP contribution in [-0.2, 0) is 4.79 Å². The molecule has 7 heteroatoms. The Balaban J connectivity index is 1.72. The molecule has 1 aliphatic rings. The Morgan fingerprint density at radius 1 is 1.35 bits per heavy atom. The first-order valence-corrected chi connectivity index (χ1v) is 8.28. The fourth-order valence-electron chi connectivity index (χ4n) is 2.51. The summed E-state index contributed by atoms with van der Waals surface area (Å²) in [5.41, 5.74) is 1.06. The highest BCUT2D eigenvalue weighted by Crippen LogP contribution is 2.23. The van der Waals surface area contributed by atoms with Gasteiger partial charge in [-0.25, -0.2) is 4.79 Å². The number of amides is 3. The monoisotopic (exact) mass is 338 g/mol. The number of carbonyl (C=O) groups excluding carboxylic acids is 2. The molecule has 0 aromatic heterocycles. The number of hydrogen-bond acceptors (Lipinski definition) is 3. The molecule has 1 aromatic carbocycles. The molecule has 1 atom stereocenters. The molecule has 3 amide bonds. The van der Waals surface area contributed by atoms with Gasteiger partial charge in [0.2, 0.25) is 5.91 Å². The summed E-state index contributed by atoms with van der Waals surface area (Å²) in [6, 6.07) is 7.44. The van der Waals surface area contributed by atoms with Crippen molar-refractivity contribution in [2.45, 2.75) is 25.8 Å². The van der Waals surface area contributed by atoms with Gasteiger partial charge in [-0.15, -0.1) is 0 Å². The van der Waals surface area contributed by atoms with E-state index in [1.807, 2.05) is 31.2 Å². The molecule has 0 aliphatic carbocycles. The van der Waals surface area contributed by atoms with Crippen LogP contribution in [0, 0.1) is 0 Å². The van der Waals surface area contributed by atoms with Crippen molar-refractivity contribution in [3.8, 4) is 0 Å². The van der Waals surface area contributed by atoms with Crippen LogP contribution in [0.5, 0.6) is 0 Å². The van der Waals surface area contributed by atoms with Gasteiger partial charge in [-0.05, 0) is 31.0 Å². The fourth-order valence-corrected chi connectivity index (χ4v) is 2.69. The minimum absolute atomic E-state index is 0.00341. The summed E-state index contributed by atoms with van der Waals surface area (Å²) in [4.78, 5) is 25.5. The highest BCUT2D eigenvalue weighted by atomic mass is 35.5. The molecule has 0 bridgehead atoms. The van der Waals surface area contributed by atoms with Crippen molar-refractivity contribution in [3.63, 3.8) is 0 Å². The first-order valence-electron chi connectivity index (χ1n) is 7.90. The molecule has 1 heterocycles. The Morgan fingerprint density at radius 3 is 2.91 bits per heavy atom. The molecule has 0 radical (unpaired) electrons. The molecule has 1 saturated heterocycles. The zero-order valence-electron chi connectivity index (χ0n) is 13.3. The SMILES string of the molecule is CCCNC(=O)CNC(=O)NC1CCN(c2cccc(Cl)c2)C1. The van der Waals surface area contributed by atoms with Crippen molar-refractivity contribution in [1.82, 2.24) is 16.0 Å². The average molecular weight is 339 g/mol. The van der Waals surface area contributed by atoms with E-state index in [0.717, 1.165) is 31.6 Å². The second kappa shape index (κ2) is 8.62. The van der Waals surface area contributed by atoms with E-state index < -0.39 is 0 Å². The number of nitrogens with one attached hydrogen (secondary N) is 3. The van der Waals surface area contributed by atoms with Crippen molar-refractivity contribution >= 4 is 29.2 Å². The van der Waals surface area contributed by atoms with Gasteiger partial charge in [0.05, 0.1) is 6.54 Å². The summed E-state index contributed by atoms with van der Waals surface area (Å²) >= 11 is 6.01. The molecule has 1 unspecified atom stereocenters. The normalized spacial score (nSPS) is 17.0. The fraction of sp³-hybridized carbons (Fsp3) is 0.500. The Bertz CT molecular complexity index is 553. The molecule has 23 heavy (non-hydrogen) atoms. The number of rotatable bonds is 6. The van der Waals surface area contributed by atoms with Gasteiger partial charge in [0, 0.05) is 36.4 Å². The van der Waals surface area contributed by atoms with Crippen LogP contribution >= 0.6 is 11.6 Å². The Kier molecular flexibility index (Phi) is 6.52.